The first-order valence-corrected chi connectivity index (χ1v) is 7.99. The van der Waals surface area contributed by atoms with E-state index in [2.05, 4.69) is 9.97 Å². The summed E-state index contributed by atoms with van der Waals surface area (Å²) in [6.07, 6.45) is 1.70. The van der Waals surface area contributed by atoms with Crippen LogP contribution in [-0.2, 0) is 4.74 Å². The van der Waals surface area contributed by atoms with E-state index < -0.39 is 5.56 Å². The summed E-state index contributed by atoms with van der Waals surface area (Å²) in [6.45, 7) is 2.08. The number of morpholine rings is 1. The topological polar surface area (TPSA) is 106 Å². The van der Waals surface area contributed by atoms with E-state index in [4.69, 9.17) is 10.5 Å². The molecule has 0 bridgehead atoms. The molecule has 0 unspecified atom stereocenters. The number of ether oxygens (including phenoxy) is 1. The lowest BCUT2D eigenvalue weighted by molar-refractivity contribution is 0.122. The van der Waals surface area contributed by atoms with E-state index in [-0.39, 0.29) is 22.8 Å². The Kier molecular flexibility index (Phi) is 3.73. The summed E-state index contributed by atoms with van der Waals surface area (Å²) in [6, 6.07) is 9.42. The predicted octanol–water partition coefficient (Wildman–Crippen LogP) is -0.651. The summed E-state index contributed by atoms with van der Waals surface area (Å²) < 4.78 is 6.55. The van der Waals surface area contributed by atoms with E-state index >= 15 is 0 Å². The van der Waals surface area contributed by atoms with Gasteiger partial charge in [-0.3, -0.25) is 9.59 Å². The Balaban J connectivity index is 1.93. The number of aromatic amines is 1. The van der Waals surface area contributed by atoms with Gasteiger partial charge in [-0.15, -0.1) is 0 Å². The molecule has 2 aromatic heterocycles. The number of hydrogen-bond acceptors (Lipinski definition) is 6. The van der Waals surface area contributed by atoms with Crippen molar-refractivity contribution in [2.24, 2.45) is 0 Å². The number of hydrogen-bond donors (Lipinski definition) is 2. The van der Waals surface area contributed by atoms with E-state index in [1.165, 1.54) is 4.40 Å². The van der Waals surface area contributed by atoms with E-state index in [1.807, 2.05) is 35.2 Å². The maximum absolute atomic E-state index is 12.7. The van der Waals surface area contributed by atoms with E-state index in [0.717, 1.165) is 5.56 Å². The highest BCUT2D eigenvalue weighted by atomic mass is 16.5. The normalized spacial score (nSPS) is 15.8. The fourth-order valence-corrected chi connectivity index (χ4v) is 3.01. The Labute approximate surface area is 142 Å². The van der Waals surface area contributed by atoms with Crippen molar-refractivity contribution in [3.63, 3.8) is 0 Å². The number of nitrogens with two attached hydrogens (primary N) is 1. The SMILES string of the molecule is Nc1c(N2CCOCC2)c(=O)nc2[nH]/c(=C\c3ccccc3)c(=O)n12. The van der Waals surface area contributed by atoms with Gasteiger partial charge in [0.15, 0.2) is 0 Å². The van der Waals surface area contributed by atoms with Gasteiger partial charge >= 0.3 is 0 Å². The van der Waals surface area contributed by atoms with Crippen molar-refractivity contribution >= 4 is 23.4 Å². The van der Waals surface area contributed by atoms with Gasteiger partial charge in [-0.25, -0.2) is 4.40 Å². The molecule has 4 rings (SSSR count). The van der Waals surface area contributed by atoms with Gasteiger partial charge in [-0.05, 0) is 11.6 Å². The molecule has 0 atom stereocenters. The van der Waals surface area contributed by atoms with Crippen molar-refractivity contribution < 1.29 is 4.74 Å². The second-order valence-corrected chi connectivity index (χ2v) is 5.81. The molecule has 8 heteroatoms. The molecule has 3 heterocycles. The number of nitrogen functional groups attached to an aromatic ring is 1. The number of H-pyrrole nitrogens is 1. The van der Waals surface area contributed by atoms with E-state index in [9.17, 15) is 9.59 Å². The lowest BCUT2D eigenvalue weighted by Gasteiger charge is -2.28. The maximum Gasteiger partial charge on any atom is 0.300 e. The third kappa shape index (κ3) is 2.66. The first-order valence-electron chi connectivity index (χ1n) is 7.99. The number of nitrogens with one attached hydrogen (secondary N) is 1. The van der Waals surface area contributed by atoms with Gasteiger partial charge in [-0.2, -0.15) is 4.98 Å². The van der Waals surface area contributed by atoms with Crippen LogP contribution in [-0.4, -0.2) is 40.7 Å². The monoisotopic (exact) mass is 339 g/mol. The zero-order chi connectivity index (χ0) is 17.4. The van der Waals surface area contributed by atoms with E-state index in [0.29, 0.717) is 31.7 Å². The zero-order valence-corrected chi connectivity index (χ0v) is 13.4. The van der Waals surface area contributed by atoms with E-state index in [1.54, 1.807) is 6.08 Å². The largest absolute Gasteiger partial charge is 0.383 e. The van der Waals surface area contributed by atoms with Crippen LogP contribution < -0.4 is 27.1 Å². The molecular weight excluding hydrogens is 322 g/mol. The predicted molar refractivity (Wildman–Crippen MR) is 94.8 cm³/mol. The minimum absolute atomic E-state index is 0.103. The molecule has 0 spiro atoms. The number of anilines is 2. The third-order valence-corrected chi connectivity index (χ3v) is 4.22. The molecule has 1 aliphatic heterocycles. The first kappa shape index (κ1) is 15.4. The Hall–Kier alpha value is -3.13. The average molecular weight is 339 g/mol. The molecule has 0 saturated carbocycles. The molecule has 1 fully saturated rings. The fraction of sp³-hybridized carbons (Fsp3) is 0.235. The van der Waals surface area contributed by atoms with Crippen molar-refractivity contribution in [2.45, 2.75) is 0 Å². The molecule has 0 aliphatic carbocycles. The summed E-state index contributed by atoms with van der Waals surface area (Å²) in [5.41, 5.74) is 6.49. The summed E-state index contributed by atoms with van der Waals surface area (Å²) in [5, 5.41) is 0.323. The molecular formula is C17H17N5O3. The Morgan fingerprint density at radius 2 is 1.88 bits per heavy atom. The second kappa shape index (κ2) is 6.06. The molecule has 1 saturated heterocycles. The number of fused-ring (bicyclic) bond motifs is 1. The number of imidazole rings is 1. The molecule has 0 radical (unpaired) electrons. The van der Waals surface area contributed by atoms with Crippen molar-refractivity contribution in [3.05, 3.63) is 62.0 Å². The van der Waals surface area contributed by atoms with Crippen LogP contribution in [0, 0.1) is 0 Å². The van der Waals surface area contributed by atoms with Crippen molar-refractivity contribution in [2.75, 3.05) is 36.9 Å². The van der Waals surface area contributed by atoms with Crippen LogP contribution in [0.2, 0.25) is 0 Å². The summed E-state index contributed by atoms with van der Waals surface area (Å²) in [4.78, 5) is 33.9. The molecule has 128 valence electrons. The number of nitrogens with zero attached hydrogens (tertiary/aromatic N) is 3. The average Bonchev–Trinajstić information content (AvgIpc) is 2.92. The summed E-state index contributed by atoms with van der Waals surface area (Å²) in [7, 11) is 0. The molecule has 3 aromatic rings. The molecule has 1 aromatic carbocycles. The van der Waals surface area contributed by atoms with Crippen molar-refractivity contribution in [1.29, 1.82) is 0 Å². The van der Waals surface area contributed by atoms with Crippen LogP contribution in [0.25, 0.3) is 11.9 Å². The van der Waals surface area contributed by atoms with Crippen molar-refractivity contribution in [1.82, 2.24) is 14.4 Å². The van der Waals surface area contributed by atoms with Gasteiger partial charge < -0.3 is 20.4 Å². The van der Waals surface area contributed by atoms with Gasteiger partial charge in [0.25, 0.3) is 11.1 Å². The maximum atomic E-state index is 12.7. The highest BCUT2D eigenvalue weighted by Gasteiger charge is 2.21. The molecule has 3 N–H and O–H groups in total. The fourth-order valence-electron chi connectivity index (χ4n) is 3.01. The third-order valence-electron chi connectivity index (χ3n) is 4.22. The zero-order valence-electron chi connectivity index (χ0n) is 13.4. The second-order valence-electron chi connectivity index (χ2n) is 5.81. The van der Waals surface area contributed by atoms with Crippen molar-refractivity contribution in [3.8, 4) is 0 Å². The number of benzene rings is 1. The van der Waals surface area contributed by atoms with Gasteiger partial charge in [0.1, 0.15) is 16.9 Å². The van der Waals surface area contributed by atoms with Crippen LogP contribution in [0.15, 0.2) is 39.9 Å². The van der Waals surface area contributed by atoms with Crippen LogP contribution in [0.4, 0.5) is 11.5 Å². The lowest BCUT2D eigenvalue weighted by Crippen LogP contribution is -2.40. The Morgan fingerprint density at radius 1 is 1.16 bits per heavy atom. The minimum Gasteiger partial charge on any atom is -0.383 e. The Bertz CT molecular complexity index is 1080. The van der Waals surface area contributed by atoms with Gasteiger partial charge in [-0.1, -0.05) is 30.3 Å². The smallest absolute Gasteiger partial charge is 0.300 e. The van der Waals surface area contributed by atoms with Crippen LogP contribution in [0.5, 0.6) is 0 Å². The van der Waals surface area contributed by atoms with Gasteiger partial charge in [0.2, 0.25) is 5.78 Å². The minimum atomic E-state index is -0.452. The molecule has 8 nitrogen and oxygen atoms in total. The molecule has 0 amide bonds. The highest BCUT2D eigenvalue weighted by Crippen LogP contribution is 2.18. The first-order chi connectivity index (χ1) is 12.1. The van der Waals surface area contributed by atoms with Crippen LogP contribution in [0.3, 0.4) is 0 Å². The highest BCUT2D eigenvalue weighted by molar-refractivity contribution is 5.66. The lowest BCUT2D eigenvalue weighted by atomic mass is 10.2. The summed E-state index contributed by atoms with van der Waals surface area (Å²) in [5.74, 6) is 0.248. The van der Waals surface area contributed by atoms with Gasteiger partial charge in [0, 0.05) is 13.1 Å². The van der Waals surface area contributed by atoms with Crippen LogP contribution >= 0.6 is 0 Å². The van der Waals surface area contributed by atoms with Gasteiger partial charge in [0.05, 0.1) is 13.2 Å². The summed E-state index contributed by atoms with van der Waals surface area (Å²) >= 11 is 0. The van der Waals surface area contributed by atoms with Crippen LogP contribution in [0.1, 0.15) is 5.56 Å². The number of aromatic nitrogens is 3. The number of rotatable bonds is 2. The standard InChI is InChI=1S/C17H17N5O3/c18-14-13(21-6-8-25-9-7-21)15(23)20-17-19-12(16(24)22(14)17)10-11-4-2-1-3-5-11/h1-5,10H,6-9,18H2,(H,19,20,23)/b12-10-. The molecule has 1 aliphatic rings. The quantitative estimate of drug-likeness (QED) is 0.643. The molecule has 25 heavy (non-hydrogen) atoms. The Morgan fingerprint density at radius 3 is 2.60 bits per heavy atom.